The van der Waals surface area contributed by atoms with Crippen molar-refractivity contribution in [3.8, 4) is 0 Å². The van der Waals surface area contributed by atoms with Gasteiger partial charge in [-0.05, 0) is 44.0 Å². The zero-order valence-electron chi connectivity index (χ0n) is 10.9. The van der Waals surface area contributed by atoms with Gasteiger partial charge in [0.15, 0.2) is 0 Å². The molecule has 0 fully saturated rings. The van der Waals surface area contributed by atoms with Crippen LogP contribution < -0.4 is 5.32 Å². The summed E-state index contributed by atoms with van der Waals surface area (Å²) in [6, 6.07) is 8.44. The normalized spacial score (nSPS) is 10.6. The second kappa shape index (κ2) is 4.62. The summed E-state index contributed by atoms with van der Waals surface area (Å²) in [5.41, 5.74) is 6.08. The number of nitrogens with zero attached hydrogens (tertiary/aromatic N) is 2. The maximum atomic E-state index is 4.34. The van der Waals surface area contributed by atoms with Crippen LogP contribution in [0.3, 0.4) is 0 Å². The molecule has 0 spiro atoms. The van der Waals surface area contributed by atoms with Gasteiger partial charge < -0.3 is 5.32 Å². The highest BCUT2D eigenvalue weighted by Gasteiger charge is 2.03. The van der Waals surface area contributed by atoms with Crippen LogP contribution in [0.5, 0.6) is 0 Å². The van der Waals surface area contributed by atoms with E-state index in [1.807, 2.05) is 18.7 Å². The lowest BCUT2D eigenvalue weighted by Crippen LogP contribution is -2.06. The van der Waals surface area contributed by atoms with Crippen molar-refractivity contribution in [3.63, 3.8) is 0 Å². The molecule has 0 radical (unpaired) electrons. The lowest BCUT2D eigenvalue weighted by Gasteiger charge is -2.11. The SMILES string of the molecule is Cc1cc(CNc2cccc(C)c2C)n(C)n1. The monoisotopic (exact) mass is 229 g/mol. The largest absolute Gasteiger partial charge is 0.379 e. The number of benzene rings is 1. The smallest absolute Gasteiger partial charge is 0.0597 e. The Bertz CT molecular complexity index is 526. The molecule has 90 valence electrons. The Balaban J connectivity index is 2.12. The van der Waals surface area contributed by atoms with Crippen LogP contribution in [-0.2, 0) is 13.6 Å². The van der Waals surface area contributed by atoms with E-state index in [9.17, 15) is 0 Å². The fourth-order valence-corrected chi connectivity index (χ4v) is 1.96. The van der Waals surface area contributed by atoms with Crippen molar-refractivity contribution in [2.75, 3.05) is 5.32 Å². The number of rotatable bonds is 3. The maximum absolute atomic E-state index is 4.34. The van der Waals surface area contributed by atoms with Crippen molar-refractivity contribution in [2.24, 2.45) is 7.05 Å². The molecule has 0 saturated carbocycles. The average Bonchev–Trinajstić information content (AvgIpc) is 2.60. The van der Waals surface area contributed by atoms with Crippen LogP contribution >= 0.6 is 0 Å². The first-order chi connectivity index (χ1) is 8.08. The van der Waals surface area contributed by atoms with Crippen LogP contribution in [0.2, 0.25) is 0 Å². The Morgan fingerprint density at radius 3 is 2.65 bits per heavy atom. The molecule has 0 atom stereocenters. The summed E-state index contributed by atoms with van der Waals surface area (Å²) in [7, 11) is 1.98. The van der Waals surface area contributed by atoms with E-state index in [1.165, 1.54) is 22.5 Å². The van der Waals surface area contributed by atoms with Crippen LogP contribution in [0, 0.1) is 20.8 Å². The van der Waals surface area contributed by atoms with Crippen LogP contribution in [0.15, 0.2) is 24.3 Å². The molecule has 2 aromatic rings. The van der Waals surface area contributed by atoms with Crippen molar-refractivity contribution in [1.29, 1.82) is 0 Å². The zero-order valence-corrected chi connectivity index (χ0v) is 10.9. The molecule has 17 heavy (non-hydrogen) atoms. The van der Waals surface area contributed by atoms with Gasteiger partial charge in [-0.1, -0.05) is 12.1 Å². The molecule has 0 aliphatic heterocycles. The molecule has 3 heteroatoms. The minimum absolute atomic E-state index is 0.807. The van der Waals surface area contributed by atoms with Gasteiger partial charge in [-0.3, -0.25) is 4.68 Å². The molecule has 0 aliphatic carbocycles. The third-order valence-electron chi connectivity index (χ3n) is 3.16. The summed E-state index contributed by atoms with van der Waals surface area (Å²) in [6.07, 6.45) is 0. The quantitative estimate of drug-likeness (QED) is 0.877. The second-order valence-electron chi connectivity index (χ2n) is 4.50. The van der Waals surface area contributed by atoms with Gasteiger partial charge in [-0.15, -0.1) is 0 Å². The summed E-state index contributed by atoms with van der Waals surface area (Å²) < 4.78 is 1.92. The average molecular weight is 229 g/mol. The standard InChI is InChI=1S/C14H19N3/c1-10-6-5-7-14(12(10)3)15-9-13-8-11(2)16-17(13)4/h5-8,15H,9H2,1-4H3. The molecular formula is C14H19N3. The second-order valence-corrected chi connectivity index (χ2v) is 4.50. The van der Waals surface area contributed by atoms with Gasteiger partial charge in [-0.2, -0.15) is 5.10 Å². The van der Waals surface area contributed by atoms with Gasteiger partial charge in [0.05, 0.1) is 17.9 Å². The van der Waals surface area contributed by atoms with Crippen molar-refractivity contribution < 1.29 is 0 Å². The minimum Gasteiger partial charge on any atom is -0.379 e. The van der Waals surface area contributed by atoms with E-state index in [4.69, 9.17) is 0 Å². The first kappa shape index (κ1) is 11.7. The van der Waals surface area contributed by atoms with Crippen LogP contribution in [0.25, 0.3) is 0 Å². The molecule has 0 saturated heterocycles. The number of hydrogen-bond donors (Lipinski definition) is 1. The summed E-state index contributed by atoms with van der Waals surface area (Å²) in [5, 5.41) is 7.80. The van der Waals surface area contributed by atoms with Gasteiger partial charge in [0.2, 0.25) is 0 Å². The summed E-state index contributed by atoms with van der Waals surface area (Å²) in [6.45, 7) is 7.10. The Morgan fingerprint density at radius 2 is 2.00 bits per heavy atom. The van der Waals surface area contributed by atoms with Crippen molar-refractivity contribution in [1.82, 2.24) is 9.78 Å². The molecule has 3 nitrogen and oxygen atoms in total. The highest BCUT2D eigenvalue weighted by atomic mass is 15.3. The Morgan fingerprint density at radius 1 is 1.24 bits per heavy atom. The number of aryl methyl sites for hydroxylation is 3. The van der Waals surface area contributed by atoms with Gasteiger partial charge in [0.1, 0.15) is 0 Å². The molecule has 0 bridgehead atoms. The van der Waals surface area contributed by atoms with Crippen molar-refractivity contribution >= 4 is 5.69 Å². The number of anilines is 1. The fraction of sp³-hybridized carbons (Fsp3) is 0.357. The van der Waals surface area contributed by atoms with E-state index in [0.717, 1.165) is 12.2 Å². The van der Waals surface area contributed by atoms with E-state index in [2.05, 4.69) is 48.5 Å². The van der Waals surface area contributed by atoms with Gasteiger partial charge in [0, 0.05) is 12.7 Å². The lowest BCUT2D eigenvalue weighted by molar-refractivity contribution is 0.713. The Hall–Kier alpha value is -1.77. The summed E-state index contributed by atoms with van der Waals surface area (Å²) in [5.74, 6) is 0. The minimum atomic E-state index is 0.807. The van der Waals surface area contributed by atoms with Gasteiger partial charge in [0.25, 0.3) is 0 Å². The molecule has 2 rings (SSSR count). The topological polar surface area (TPSA) is 29.9 Å². The fourth-order valence-electron chi connectivity index (χ4n) is 1.96. The van der Waals surface area contributed by atoms with Crippen LogP contribution in [0.4, 0.5) is 5.69 Å². The number of aromatic nitrogens is 2. The summed E-state index contributed by atoms with van der Waals surface area (Å²) >= 11 is 0. The Labute approximate surface area is 102 Å². The first-order valence-electron chi connectivity index (χ1n) is 5.87. The van der Waals surface area contributed by atoms with E-state index in [1.54, 1.807) is 0 Å². The van der Waals surface area contributed by atoms with E-state index >= 15 is 0 Å². The first-order valence-corrected chi connectivity index (χ1v) is 5.87. The van der Waals surface area contributed by atoms with Gasteiger partial charge in [-0.25, -0.2) is 0 Å². The van der Waals surface area contributed by atoms with E-state index in [-0.39, 0.29) is 0 Å². The highest BCUT2D eigenvalue weighted by molar-refractivity contribution is 5.53. The number of hydrogen-bond acceptors (Lipinski definition) is 2. The predicted molar refractivity (Wildman–Crippen MR) is 71.2 cm³/mol. The van der Waals surface area contributed by atoms with Crippen molar-refractivity contribution in [2.45, 2.75) is 27.3 Å². The number of nitrogens with one attached hydrogen (secondary N) is 1. The van der Waals surface area contributed by atoms with Crippen LogP contribution in [0.1, 0.15) is 22.5 Å². The molecule has 0 unspecified atom stereocenters. The molecule has 1 aromatic carbocycles. The van der Waals surface area contributed by atoms with E-state index in [0.29, 0.717) is 0 Å². The van der Waals surface area contributed by atoms with Gasteiger partial charge >= 0.3 is 0 Å². The highest BCUT2D eigenvalue weighted by Crippen LogP contribution is 2.18. The molecule has 0 aliphatic rings. The molecule has 0 amide bonds. The summed E-state index contributed by atoms with van der Waals surface area (Å²) in [4.78, 5) is 0. The van der Waals surface area contributed by atoms with Crippen LogP contribution in [-0.4, -0.2) is 9.78 Å². The molecule has 1 N–H and O–H groups in total. The third kappa shape index (κ3) is 2.49. The maximum Gasteiger partial charge on any atom is 0.0597 e. The molecule has 1 heterocycles. The zero-order chi connectivity index (χ0) is 12.4. The van der Waals surface area contributed by atoms with E-state index < -0.39 is 0 Å². The molecule has 1 aromatic heterocycles. The molecular weight excluding hydrogens is 210 g/mol. The van der Waals surface area contributed by atoms with Crippen molar-refractivity contribution in [3.05, 3.63) is 46.8 Å². The Kier molecular flexibility index (Phi) is 3.18. The lowest BCUT2D eigenvalue weighted by atomic mass is 10.1. The third-order valence-corrected chi connectivity index (χ3v) is 3.16. The predicted octanol–water partition coefficient (Wildman–Crippen LogP) is 2.96.